The minimum atomic E-state index is -1.72. The SMILES string of the molecule is C[C@H]([C@H](O)C[C@H](O)[C@H](C)CO)[C@@H](O)CC[C@@H](C)[C@@H](O)C[C@@H](O)[C@@H](O)[C@@H](O)C[C@@H](O)C[C@@H](O)C[C@@H](O)C[C@@H](O)C[C@@H](O)[C@H](C)O. The molecule has 16 atom stereocenters. The van der Waals surface area contributed by atoms with E-state index in [0.717, 1.165) is 0 Å². The first-order chi connectivity index (χ1) is 20.3. The van der Waals surface area contributed by atoms with Crippen molar-refractivity contribution in [1.82, 2.24) is 0 Å². The number of hydrogen-bond donors (Lipinski definition) is 14. The minimum absolute atomic E-state index is 0.0123. The maximum atomic E-state index is 10.5. The molecule has 0 amide bonds. The Morgan fingerprint density at radius 2 is 0.750 bits per heavy atom. The van der Waals surface area contributed by atoms with Gasteiger partial charge in [0.15, 0.2) is 0 Å². The molecule has 14 heteroatoms. The van der Waals surface area contributed by atoms with Gasteiger partial charge in [0, 0.05) is 37.7 Å². The quantitative estimate of drug-likeness (QED) is 0.0474. The normalized spacial score (nSPS) is 23.6. The Morgan fingerprint density at radius 1 is 0.364 bits per heavy atom. The highest BCUT2D eigenvalue weighted by Crippen LogP contribution is 2.24. The lowest BCUT2D eigenvalue weighted by Gasteiger charge is -2.30. The molecule has 0 saturated carbocycles. The smallest absolute Gasteiger partial charge is 0.106 e. The minimum Gasteiger partial charge on any atom is -0.396 e. The number of aliphatic hydroxyl groups is 14. The fourth-order valence-electron chi connectivity index (χ4n) is 5.06. The molecule has 0 rings (SSSR count). The van der Waals surface area contributed by atoms with Crippen molar-refractivity contribution in [2.75, 3.05) is 6.61 Å². The zero-order valence-electron chi connectivity index (χ0n) is 26.6. The molecule has 14 N–H and O–H groups in total. The first-order valence-electron chi connectivity index (χ1n) is 15.8. The summed E-state index contributed by atoms with van der Waals surface area (Å²) in [5.74, 6) is -1.44. The second kappa shape index (κ2) is 22.1. The van der Waals surface area contributed by atoms with Crippen LogP contribution in [0.5, 0.6) is 0 Å². The second-order valence-corrected chi connectivity index (χ2v) is 13.0. The van der Waals surface area contributed by atoms with Crippen LogP contribution >= 0.6 is 0 Å². The molecular weight excluding hydrogens is 584 g/mol. The first-order valence-corrected chi connectivity index (χ1v) is 15.8. The summed E-state index contributed by atoms with van der Waals surface area (Å²) >= 11 is 0. The van der Waals surface area contributed by atoms with E-state index >= 15 is 0 Å². The topological polar surface area (TPSA) is 283 Å². The summed E-state index contributed by atoms with van der Waals surface area (Å²) in [5.41, 5.74) is 0. The van der Waals surface area contributed by atoms with Gasteiger partial charge in [-0.15, -0.1) is 0 Å². The summed E-state index contributed by atoms with van der Waals surface area (Å²) in [7, 11) is 0. The molecule has 0 aliphatic rings. The zero-order valence-corrected chi connectivity index (χ0v) is 26.6. The highest BCUT2D eigenvalue weighted by Gasteiger charge is 2.32. The van der Waals surface area contributed by atoms with Crippen LogP contribution in [0.1, 0.15) is 85.5 Å². The lowest BCUT2D eigenvalue weighted by molar-refractivity contribution is -0.0924. The molecule has 0 saturated heterocycles. The van der Waals surface area contributed by atoms with E-state index in [4.69, 9.17) is 5.11 Å². The van der Waals surface area contributed by atoms with E-state index in [1.54, 1.807) is 20.8 Å². The molecule has 0 heterocycles. The Balaban J connectivity index is 4.59. The molecule has 0 aromatic rings. The fourth-order valence-corrected chi connectivity index (χ4v) is 5.06. The van der Waals surface area contributed by atoms with E-state index in [1.165, 1.54) is 6.92 Å². The van der Waals surface area contributed by atoms with Crippen molar-refractivity contribution in [3.8, 4) is 0 Å². The Bertz CT molecular complexity index is 717. The molecule has 14 nitrogen and oxygen atoms in total. The molecule has 0 unspecified atom stereocenters. The van der Waals surface area contributed by atoms with Gasteiger partial charge >= 0.3 is 0 Å². The number of aliphatic hydroxyl groups excluding tert-OH is 14. The third-order valence-electron chi connectivity index (χ3n) is 8.70. The standard InChI is InChI=1S/C30H62O14/c1-15(5-6-23(37)17(3)26(40)12-25(39)16(2)14-31)24(38)13-29(43)30(44)28(42)11-22(36)9-20(34)7-19(33)8-21(35)10-27(41)18(4)32/h15-44H,5-14H2,1-4H3/t15-,16-,17+,18+,19-,20+,21-,22+,23+,24+,25+,26-,27-,28+,29-,30+/m1/s1. The molecular formula is C30H62O14. The van der Waals surface area contributed by atoms with E-state index in [2.05, 4.69) is 0 Å². The third-order valence-corrected chi connectivity index (χ3v) is 8.70. The van der Waals surface area contributed by atoms with Gasteiger partial charge in [0.2, 0.25) is 0 Å². The van der Waals surface area contributed by atoms with Crippen molar-refractivity contribution in [3.63, 3.8) is 0 Å². The van der Waals surface area contributed by atoms with E-state index in [1.807, 2.05) is 0 Å². The summed E-state index contributed by atoms with van der Waals surface area (Å²) in [6, 6.07) is 0. The van der Waals surface area contributed by atoms with Crippen molar-refractivity contribution < 1.29 is 71.5 Å². The molecule has 0 fully saturated rings. The fraction of sp³-hybridized carbons (Fsp3) is 1.00. The summed E-state index contributed by atoms with van der Waals surface area (Å²) in [5, 5.41) is 141. The molecule has 0 spiro atoms. The predicted octanol–water partition coefficient (Wildman–Crippen LogP) is -2.89. The lowest BCUT2D eigenvalue weighted by Crippen LogP contribution is -2.42. The Labute approximate surface area is 260 Å². The maximum Gasteiger partial charge on any atom is 0.106 e. The Hall–Kier alpha value is -0.560. The second-order valence-electron chi connectivity index (χ2n) is 13.0. The van der Waals surface area contributed by atoms with Crippen molar-refractivity contribution in [1.29, 1.82) is 0 Å². The zero-order chi connectivity index (χ0) is 34.3. The summed E-state index contributed by atoms with van der Waals surface area (Å²) < 4.78 is 0. The summed E-state index contributed by atoms with van der Waals surface area (Å²) in [6.07, 6.45) is -17.0. The van der Waals surface area contributed by atoms with Crippen LogP contribution in [0, 0.1) is 17.8 Å². The highest BCUT2D eigenvalue weighted by atomic mass is 16.4. The van der Waals surface area contributed by atoms with Gasteiger partial charge in [0.25, 0.3) is 0 Å². The van der Waals surface area contributed by atoms with Gasteiger partial charge in [0.05, 0.1) is 73.2 Å². The van der Waals surface area contributed by atoms with Crippen molar-refractivity contribution in [2.45, 2.75) is 165 Å². The van der Waals surface area contributed by atoms with Crippen LogP contribution < -0.4 is 0 Å². The Morgan fingerprint density at radius 3 is 1.20 bits per heavy atom. The molecule has 0 aromatic heterocycles. The van der Waals surface area contributed by atoms with Crippen molar-refractivity contribution in [2.24, 2.45) is 17.8 Å². The molecule has 0 aliphatic carbocycles. The summed E-state index contributed by atoms with van der Waals surface area (Å²) in [6.45, 7) is 6.06. The van der Waals surface area contributed by atoms with Crippen LogP contribution in [0.3, 0.4) is 0 Å². The highest BCUT2D eigenvalue weighted by molar-refractivity contribution is 4.83. The van der Waals surface area contributed by atoms with Crippen LogP contribution in [0.4, 0.5) is 0 Å². The molecule has 0 bridgehead atoms. The number of hydrogen-bond acceptors (Lipinski definition) is 14. The van der Waals surface area contributed by atoms with Crippen LogP contribution in [0.15, 0.2) is 0 Å². The van der Waals surface area contributed by atoms with Crippen LogP contribution in [0.2, 0.25) is 0 Å². The van der Waals surface area contributed by atoms with Crippen LogP contribution in [-0.4, -0.2) is 157 Å². The van der Waals surface area contributed by atoms with Gasteiger partial charge in [-0.05, 0) is 51.4 Å². The van der Waals surface area contributed by atoms with E-state index in [-0.39, 0.29) is 51.6 Å². The van der Waals surface area contributed by atoms with E-state index < -0.39 is 104 Å². The van der Waals surface area contributed by atoms with Gasteiger partial charge in [0.1, 0.15) is 6.10 Å². The van der Waals surface area contributed by atoms with Crippen LogP contribution in [-0.2, 0) is 0 Å². The molecule has 266 valence electrons. The molecule has 0 aromatic carbocycles. The molecule has 0 radical (unpaired) electrons. The molecule has 0 aliphatic heterocycles. The van der Waals surface area contributed by atoms with Gasteiger partial charge in [-0.1, -0.05) is 20.8 Å². The van der Waals surface area contributed by atoms with Crippen molar-refractivity contribution in [3.05, 3.63) is 0 Å². The maximum absolute atomic E-state index is 10.5. The summed E-state index contributed by atoms with van der Waals surface area (Å²) in [4.78, 5) is 0. The largest absolute Gasteiger partial charge is 0.396 e. The van der Waals surface area contributed by atoms with Crippen molar-refractivity contribution >= 4 is 0 Å². The third kappa shape index (κ3) is 17.4. The first kappa shape index (κ1) is 43.4. The van der Waals surface area contributed by atoms with Gasteiger partial charge in [-0.3, -0.25) is 0 Å². The van der Waals surface area contributed by atoms with Gasteiger partial charge in [-0.2, -0.15) is 0 Å². The van der Waals surface area contributed by atoms with E-state index in [0.29, 0.717) is 6.42 Å². The van der Waals surface area contributed by atoms with Gasteiger partial charge in [-0.25, -0.2) is 0 Å². The Kier molecular flexibility index (Phi) is 21.8. The van der Waals surface area contributed by atoms with Crippen LogP contribution in [0.25, 0.3) is 0 Å². The predicted molar refractivity (Wildman–Crippen MR) is 160 cm³/mol. The number of rotatable bonds is 25. The molecule has 44 heavy (non-hydrogen) atoms. The van der Waals surface area contributed by atoms with Gasteiger partial charge < -0.3 is 71.5 Å². The average molecular weight is 647 g/mol. The monoisotopic (exact) mass is 646 g/mol. The average Bonchev–Trinajstić information content (AvgIpc) is 2.93. The van der Waals surface area contributed by atoms with E-state index in [9.17, 15) is 66.4 Å². The lowest BCUT2D eigenvalue weighted by atomic mass is 9.85.